The standard InChI is InChI=1S/C9H12N2O4/c1-6-7(5-15-10-6)3-8(12)11(2)4-9(13)14/h5H,3-4H2,1-2H3,(H,13,14). The lowest BCUT2D eigenvalue weighted by Gasteiger charge is -2.13. The van der Waals surface area contributed by atoms with Gasteiger partial charge >= 0.3 is 5.97 Å². The number of likely N-dealkylation sites (N-methyl/N-ethyl adjacent to an activating group) is 1. The van der Waals surface area contributed by atoms with E-state index in [9.17, 15) is 9.59 Å². The van der Waals surface area contributed by atoms with E-state index in [1.54, 1.807) is 6.92 Å². The summed E-state index contributed by atoms with van der Waals surface area (Å²) in [4.78, 5) is 23.0. The third-order valence-corrected chi connectivity index (χ3v) is 1.99. The Morgan fingerprint density at radius 2 is 2.27 bits per heavy atom. The molecule has 0 atom stereocenters. The number of nitrogens with zero attached hydrogens (tertiary/aromatic N) is 2. The second-order valence-corrected chi connectivity index (χ2v) is 3.25. The number of amides is 1. The van der Waals surface area contributed by atoms with E-state index in [0.29, 0.717) is 11.3 Å². The van der Waals surface area contributed by atoms with Gasteiger partial charge in [0.05, 0.1) is 12.1 Å². The zero-order valence-electron chi connectivity index (χ0n) is 8.56. The van der Waals surface area contributed by atoms with Crippen molar-refractivity contribution in [2.75, 3.05) is 13.6 Å². The predicted octanol–water partition coefficient (Wildman–Crippen LogP) is 0.0685. The normalized spacial score (nSPS) is 10.0. The van der Waals surface area contributed by atoms with E-state index in [0.717, 1.165) is 4.90 Å². The Morgan fingerprint density at radius 1 is 1.60 bits per heavy atom. The topological polar surface area (TPSA) is 83.6 Å². The molecule has 0 aliphatic heterocycles. The number of aliphatic carboxylic acids is 1. The predicted molar refractivity (Wildman–Crippen MR) is 50.2 cm³/mol. The van der Waals surface area contributed by atoms with Crippen molar-refractivity contribution in [3.63, 3.8) is 0 Å². The number of hydrogen-bond donors (Lipinski definition) is 1. The molecule has 6 nitrogen and oxygen atoms in total. The van der Waals surface area contributed by atoms with Gasteiger partial charge in [-0.15, -0.1) is 0 Å². The zero-order chi connectivity index (χ0) is 11.4. The summed E-state index contributed by atoms with van der Waals surface area (Å²) >= 11 is 0. The highest BCUT2D eigenvalue weighted by Crippen LogP contribution is 2.06. The van der Waals surface area contributed by atoms with E-state index in [2.05, 4.69) is 9.68 Å². The van der Waals surface area contributed by atoms with Crippen LogP contribution < -0.4 is 0 Å². The summed E-state index contributed by atoms with van der Waals surface area (Å²) in [7, 11) is 1.44. The fraction of sp³-hybridized carbons (Fsp3) is 0.444. The summed E-state index contributed by atoms with van der Waals surface area (Å²) in [6.45, 7) is 1.42. The first kappa shape index (κ1) is 11.2. The number of carbonyl (C=O) groups is 2. The molecule has 82 valence electrons. The molecule has 0 fully saturated rings. The molecule has 0 bridgehead atoms. The molecule has 0 aliphatic rings. The summed E-state index contributed by atoms with van der Waals surface area (Å²) in [6.07, 6.45) is 1.50. The van der Waals surface area contributed by atoms with Crippen LogP contribution in [-0.4, -0.2) is 40.6 Å². The number of aryl methyl sites for hydroxylation is 1. The number of aromatic nitrogens is 1. The summed E-state index contributed by atoms with van der Waals surface area (Å²) in [6, 6.07) is 0. The fourth-order valence-corrected chi connectivity index (χ4v) is 1.07. The number of carboxylic acid groups (broad SMARTS) is 1. The van der Waals surface area contributed by atoms with Crippen molar-refractivity contribution in [3.8, 4) is 0 Å². The Bertz CT molecular complexity index is 372. The first-order valence-electron chi connectivity index (χ1n) is 4.36. The molecule has 1 amide bonds. The Balaban J connectivity index is 2.56. The van der Waals surface area contributed by atoms with Crippen LogP contribution in [0.1, 0.15) is 11.3 Å². The highest BCUT2D eigenvalue weighted by atomic mass is 16.5. The van der Waals surface area contributed by atoms with Crippen LogP contribution in [0.25, 0.3) is 0 Å². The van der Waals surface area contributed by atoms with Gasteiger partial charge in [0.25, 0.3) is 0 Å². The maximum Gasteiger partial charge on any atom is 0.323 e. The summed E-state index contributed by atoms with van der Waals surface area (Å²) in [5, 5.41) is 12.1. The van der Waals surface area contributed by atoms with Gasteiger partial charge in [-0.3, -0.25) is 9.59 Å². The molecular weight excluding hydrogens is 200 g/mol. The summed E-state index contributed by atoms with van der Waals surface area (Å²) in [5.41, 5.74) is 1.32. The molecule has 0 radical (unpaired) electrons. The lowest BCUT2D eigenvalue weighted by atomic mass is 10.2. The molecule has 15 heavy (non-hydrogen) atoms. The average molecular weight is 212 g/mol. The van der Waals surface area contributed by atoms with Crippen LogP contribution in [0, 0.1) is 6.92 Å². The Hall–Kier alpha value is -1.85. The maximum atomic E-state index is 11.5. The van der Waals surface area contributed by atoms with Gasteiger partial charge in [0, 0.05) is 12.6 Å². The lowest BCUT2D eigenvalue weighted by Crippen LogP contribution is -2.33. The minimum absolute atomic E-state index is 0.110. The van der Waals surface area contributed by atoms with Gasteiger partial charge in [-0.2, -0.15) is 0 Å². The first-order valence-corrected chi connectivity index (χ1v) is 4.36. The molecular formula is C9H12N2O4. The van der Waals surface area contributed by atoms with Crippen LogP contribution in [0.15, 0.2) is 10.8 Å². The van der Waals surface area contributed by atoms with Gasteiger partial charge in [-0.25, -0.2) is 0 Å². The third-order valence-electron chi connectivity index (χ3n) is 1.99. The van der Waals surface area contributed by atoms with Crippen LogP contribution in [0.5, 0.6) is 0 Å². The molecule has 0 unspecified atom stereocenters. The molecule has 1 aromatic heterocycles. The van der Waals surface area contributed by atoms with Crippen molar-refractivity contribution < 1.29 is 19.2 Å². The first-order chi connectivity index (χ1) is 7.00. The molecule has 0 spiro atoms. The van der Waals surface area contributed by atoms with Crippen LogP contribution in [0.4, 0.5) is 0 Å². The monoisotopic (exact) mass is 212 g/mol. The van der Waals surface area contributed by atoms with Gasteiger partial charge in [0.15, 0.2) is 0 Å². The van der Waals surface area contributed by atoms with Crippen LogP contribution in [0.3, 0.4) is 0 Å². The van der Waals surface area contributed by atoms with Crippen molar-refractivity contribution >= 4 is 11.9 Å². The Kier molecular flexibility index (Phi) is 3.43. The third kappa shape index (κ3) is 3.08. The van der Waals surface area contributed by atoms with Crippen molar-refractivity contribution in [1.82, 2.24) is 10.1 Å². The van der Waals surface area contributed by atoms with Gasteiger partial charge in [-0.05, 0) is 6.92 Å². The quantitative estimate of drug-likeness (QED) is 0.763. The van der Waals surface area contributed by atoms with Crippen molar-refractivity contribution in [2.45, 2.75) is 13.3 Å². The number of rotatable bonds is 4. The second-order valence-electron chi connectivity index (χ2n) is 3.25. The second kappa shape index (κ2) is 4.59. The molecule has 6 heteroatoms. The van der Waals surface area contributed by atoms with Crippen LogP contribution >= 0.6 is 0 Å². The van der Waals surface area contributed by atoms with E-state index in [1.165, 1.54) is 13.3 Å². The minimum Gasteiger partial charge on any atom is -0.480 e. The smallest absolute Gasteiger partial charge is 0.323 e. The molecule has 0 aliphatic carbocycles. The van der Waals surface area contributed by atoms with E-state index in [4.69, 9.17) is 5.11 Å². The number of carbonyl (C=O) groups excluding carboxylic acids is 1. The number of carboxylic acids is 1. The fourth-order valence-electron chi connectivity index (χ4n) is 1.07. The molecule has 0 saturated heterocycles. The Labute approximate surface area is 86.5 Å². The SMILES string of the molecule is Cc1nocc1CC(=O)N(C)CC(=O)O. The molecule has 1 aromatic rings. The van der Waals surface area contributed by atoms with Crippen molar-refractivity contribution in [3.05, 3.63) is 17.5 Å². The van der Waals surface area contributed by atoms with Crippen molar-refractivity contribution in [2.24, 2.45) is 0 Å². The van der Waals surface area contributed by atoms with E-state index >= 15 is 0 Å². The highest BCUT2D eigenvalue weighted by molar-refractivity contribution is 5.82. The Morgan fingerprint density at radius 3 is 2.73 bits per heavy atom. The van der Waals surface area contributed by atoms with E-state index < -0.39 is 5.97 Å². The summed E-state index contributed by atoms with van der Waals surface area (Å²) < 4.78 is 4.67. The van der Waals surface area contributed by atoms with Gasteiger partial charge in [-0.1, -0.05) is 5.16 Å². The molecule has 0 aromatic carbocycles. The minimum atomic E-state index is -1.03. The van der Waals surface area contributed by atoms with Crippen molar-refractivity contribution in [1.29, 1.82) is 0 Å². The van der Waals surface area contributed by atoms with Gasteiger partial charge < -0.3 is 14.5 Å². The largest absolute Gasteiger partial charge is 0.480 e. The van der Waals surface area contributed by atoms with E-state index in [1.807, 2.05) is 0 Å². The average Bonchev–Trinajstić information content (AvgIpc) is 2.50. The maximum absolute atomic E-state index is 11.5. The molecule has 1 heterocycles. The van der Waals surface area contributed by atoms with Gasteiger partial charge in [0.1, 0.15) is 12.8 Å². The van der Waals surface area contributed by atoms with Crippen LogP contribution in [0.2, 0.25) is 0 Å². The van der Waals surface area contributed by atoms with Crippen LogP contribution in [-0.2, 0) is 16.0 Å². The zero-order valence-corrected chi connectivity index (χ0v) is 8.56. The highest BCUT2D eigenvalue weighted by Gasteiger charge is 2.15. The molecule has 1 rings (SSSR count). The molecule has 1 N–H and O–H groups in total. The van der Waals surface area contributed by atoms with Gasteiger partial charge in [0.2, 0.25) is 5.91 Å². The van der Waals surface area contributed by atoms with E-state index in [-0.39, 0.29) is 18.9 Å². The number of hydrogen-bond acceptors (Lipinski definition) is 4. The summed E-state index contributed by atoms with van der Waals surface area (Å²) in [5.74, 6) is -1.31. The molecule has 0 saturated carbocycles. The lowest BCUT2D eigenvalue weighted by molar-refractivity contribution is -0.143.